The minimum atomic E-state index is 0.302. The van der Waals surface area contributed by atoms with Gasteiger partial charge in [0.25, 0.3) is 0 Å². The molecule has 0 aliphatic rings. The summed E-state index contributed by atoms with van der Waals surface area (Å²) < 4.78 is 0. The van der Waals surface area contributed by atoms with Crippen LogP contribution in [-0.4, -0.2) is 19.4 Å². The van der Waals surface area contributed by atoms with Crippen molar-refractivity contribution in [2.45, 2.75) is 6.92 Å². The monoisotopic (exact) mass is 128 g/mol. The topological polar surface area (TPSA) is 55.1 Å². The summed E-state index contributed by atoms with van der Waals surface area (Å²) in [6, 6.07) is 0. The lowest BCUT2D eigenvalue weighted by molar-refractivity contribution is -0.104. The molecule has 0 fully saturated rings. The van der Waals surface area contributed by atoms with Gasteiger partial charge in [0.1, 0.15) is 6.29 Å². The van der Waals surface area contributed by atoms with Crippen molar-refractivity contribution >= 4 is 6.29 Å². The molecule has 0 rings (SSSR count). The second-order valence-corrected chi connectivity index (χ2v) is 1.60. The van der Waals surface area contributed by atoms with Gasteiger partial charge in [0.05, 0.1) is 0 Å². The molecule has 52 valence electrons. The smallest absolute Gasteiger partial charge is 0.148 e. The first-order valence-corrected chi connectivity index (χ1v) is 2.92. The Bertz CT molecular complexity index is 110. The Morgan fingerprint density at radius 3 is 2.78 bits per heavy atom. The fourth-order valence-corrected chi connectivity index (χ4v) is 0.374. The highest BCUT2D eigenvalue weighted by atomic mass is 16.1. The maximum atomic E-state index is 10.1. The number of nitrogens with one attached hydrogen (secondary N) is 1. The lowest BCUT2D eigenvalue weighted by Gasteiger charge is -1.94. The number of carbonyl (C=O) groups excluding carboxylic acids is 1. The van der Waals surface area contributed by atoms with Crippen LogP contribution < -0.4 is 11.1 Å². The highest BCUT2D eigenvalue weighted by Crippen LogP contribution is 1.79. The van der Waals surface area contributed by atoms with Crippen molar-refractivity contribution in [3.8, 4) is 0 Å². The summed E-state index contributed by atoms with van der Waals surface area (Å²) in [7, 11) is 0. The second-order valence-electron chi connectivity index (χ2n) is 1.60. The van der Waals surface area contributed by atoms with Crippen molar-refractivity contribution in [1.29, 1.82) is 0 Å². The molecular formula is C6H12N2O. The molecule has 0 atom stereocenters. The van der Waals surface area contributed by atoms with Gasteiger partial charge in [-0.2, -0.15) is 0 Å². The highest BCUT2D eigenvalue weighted by molar-refractivity contribution is 5.73. The number of hydrogen-bond donors (Lipinski definition) is 2. The van der Waals surface area contributed by atoms with Gasteiger partial charge >= 0.3 is 0 Å². The van der Waals surface area contributed by atoms with E-state index in [1.807, 2.05) is 6.92 Å². The molecule has 0 aromatic heterocycles. The van der Waals surface area contributed by atoms with Gasteiger partial charge in [0, 0.05) is 24.9 Å². The van der Waals surface area contributed by atoms with Gasteiger partial charge in [-0.15, -0.1) is 0 Å². The second kappa shape index (κ2) is 5.31. The van der Waals surface area contributed by atoms with E-state index in [1.54, 1.807) is 6.20 Å². The third-order valence-corrected chi connectivity index (χ3v) is 0.879. The molecule has 3 heteroatoms. The van der Waals surface area contributed by atoms with Crippen LogP contribution in [-0.2, 0) is 4.79 Å². The van der Waals surface area contributed by atoms with Crippen LogP contribution >= 0.6 is 0 Å². The zero-order valence-corrected chi connectivity index (χ0v) is 5.55. The number of aldehydes is 1. The Morgan fingerprint density at radius 2 is 2.44 bits per heavy atom. The Morgan fingerprint density at radius 1 is 1.78 bits per heavy atom. The van der Waals surface area contributed by atoms with Crippen molar-refractivity contribution in [2.24, 2.45) is 5.73 Å². The first-order chi connectivity index (χ1) is 4.35. The summed E-state index contributed by atoms with van der Waals surface area (Å²) in [5.41, 5.74) is 5.78. The standard InChI is InChI=1S/C6H12N2O/c1-2-8-4-6(3-7)5-9/h4-5,8H,2-3,7H2,1H3/b6-4+. The molecule has 9 heavy (non-hydrogen) atoms. The number of carbonyl (C=O) groups is 1. The zero-order valence-electron chi connectivity index (χ0n) is 5.55. The van der Waals surface area contributed by atoms with Crippen LogP contribution in [0, 0.1) is 0 Å². The van der Waals surface area contributed by atoms with E-state index in [0.29, 0.717) is 12.1 Å². The third kappa shape index (κ3) is 3.73. The molecule has 0 heterocycles. The van der Waals surface area contributed by atoms with Crippen molar-refractivity contribution in [2.75, 3.05) is 13.1 Å². The van der Waals surface area contributed by atoms with E-state index >= 15 is 0 Å². The average Bonchev–Trinajstić information content (AvgIpc) is 1.91. The van der Waals surface area contributed by atoms with Crippen molar-refractivity contribution < 1.29 is 4.79 Å². The third-order valence-electron chi connectivity index (χ3n) is 0.879. The van der Waals surface area contributed by atoms with Crippen molar-refractivity contribution in [3.63, 3.8) is 0 Å². The van der Waals surface area contributed by atoms with E-state index in [4.69, 9.17) is 5.73 Å². The van der Waals surface area contributed by atoms with Crippen LogP contribution in [0.3, 0.4) is 0 Å². The molecule has 0 unspecified atom stereocenters. The summed E-state index contributed by atoms with van der Waals surface area (Å²) in [6.45, 7) is 3.07. The molecular weight excluding hydrogens is 116 g/mol. The van der Waals surface area contributed by atoms with Gasteiger partial charge in [0.15, 0.2) is 0 Å². The Labute approximate surface area is 54.9 Å². The minimum Gasteiger partial charge on any atom is -0.391 e. The molecule has 0 bridgehead atoms. The molecule has 0 saturated carbocycles. The van der Waals surface area contributed by atoms with Crippen LogP contribution in [0.1, 0.15) is 6.92 Å². The van der Waals surface area contributed by atoms with E-state index in [9.17, 15) is 4.79 Å². The summed E-state index contributed by atoms with van der Waals surface area (Å²) in [5.74, 6) is 0. The van der Waals surface area contributed by atoms with Gasteiger partial charge in [0.2, 0.25) is 0 Å². The maximum absolute atomic E-state index is 10.1. The van der Waals surface area contributed by atoms with E-state index in [-0.39, 0.29) is 0 Å². The summed E-state index contributed by atoms with van der Waals surface area (Å²) in [4.78, 5) is 10.1. The van der Waals surface area contributed by atoms with Crippen molar-refractivity contribution in [1.82, 2.24) is 5.32 Å². The van der Waals surface area contributed by atoms with Gasteiger partial charge in [-0.1, -0.05) is 0 Å². The number of nitrogens with two attached hydrogens (primary N) is 1. The maximum Gasteiger partial charge on any atom is 0.148 e. The van der Waals surface area contributed by atoms with Crippen molar-refractivity contribution in [3.05, 3.63) is 11.8 Å². The molecule has 0 aromatic rings. The van der Waals surface area contributed by atoms with Crippen LogP contribution in [0.4, 0.5) is 0 Å². The van der Waals surface area contributed by atoms with Crippen LogP contribution in [0.5, 0.6) is 0 Å². The largest absolute Gasteiger partial charge is 0.391 e. The van der Waals surface area contributed by atoms with Gasteiger partial charge < -0.3 is 11.1 Å². The van der Waals surface area contributed by atoms with E-state index < -0.39 is 0 Å². The number of rotatable bonds is 4. The molecule has 0 aliphatic carbocycles. The fraction of sp³-hybridized carbons (Fsp3) is 0.500. The lowest BCUT2D eigenvalue weighted by atomic mass is 10.3. The molecule has 0 aromatic carbocycles. The number of hydrogen-bond acceptors (Lipinski definition) is 3. The molecule has 0 spiro atoms. The molecule has 3 nitrogen and oxygen atoms in total. The summed E-state index contributed by atoms with van der Waals surface area (Å²) in [6.07, 6.45) is 2.38. The average molecular weight is 128 g/mol. The predicted molar refractivity (Wildman–Crippen MR) is 36.9 cm³/mol. The van der Waals surface area contributed by atoms with Crippen LogP contribution in [0.2, 0.25) is 0 Å². The van der Waals surface area contributed by atoms with Crippen LogP contribution in [0.15, 0.2) is 11.8 Å². The normalized spacial score (nSPS) is 11.1. The summed E-state index contributed by atoms with van der Waals surface area (Å²) in [5, 5.41) is 2.88. The van der Waals surface area contributed by atoms with E-state index in [2.05, 4.69) is 5.32 Å². The Kier molecular flexibility index (Phi) is 4.82. The van der Waals surface area contributed by atoms with Gasteiger partial charge in [-0.25, -0.2) is 0 Å². The zero-order chi connectivity index (χ0) is 7.11. The lowest BCUT2D eigenvalue weighted by Crippen LogP contribution is -2.10. The highest BCUT2D eigenvalue weighted by Gasteiger charge is 1.86. The molecule has 0 amide bonds. The van der Waals surface area contributed by atoms with Gasteiger partial charge in [-0.3, -0.25) is 4.79 Å². The summed E-state index contributed by atoms with van der Waals surface area (Å²) >= 11 is 0. The molecule has 0 radical (unpaired) electrons. The fourth-order valence-electron chi connectivity index (χ4n) is 0.374. The Balaban J connectivity index is 3.61. The van der Waals surface area contributed by atoms with Gasteiger partial charge in [-0.05, 0) is 6.92 Å². The minimum absolute atomic E-state index is 0.302. The first kappa shape index (κ1) is 8.17. The van der Waals surface area contributed by atoms with E-state index in [0.717, 1.165) is 12.8 Å². The molecule has 0 saturated heterocycles. The predicted octanol–water partition coefficient (Wildman–Crippen LogP) is -0.363. The first-order valence-electron chi connectivity index (χ1n) is 2.92. The Hall–Kier alpha value is -0.830. The molecule has 3 N–H and O–H groups in total. The van der Waals surface area contributed by atoms with Crippen LogP contribution in [0.25, 0.3) is 0 Å². The van der Waals surface area contributed by atoms with E-state index in [1.165, 1.54) is 0 Å². The SMILES string of the molecule is CCN/C=C(/C=O)CN. The molecule has 0 aliphatic heterocycles. The quantitative estimate of drug-likeness (QED) is 0.401.